The molecule has 1 aromatic carbocycles. The summed E-state index contributed by atoms with van der Waals surface area (Å²) in [6.45, 7) is 16.3. The van der Waals surface area contributed by atoms with Gasteiger partial charge in [-0.3, -0.25) is 4.90 Å². The maximum absolute atomic E-state index is 15.6. The fourth-order valence-corrected chi connectivity index (χ4v) is 6.00. The summed E-state index contributed by atoms with van der Waals surface area (Å²) in [4.78, 5) is 21.0. The fourth-order valence-electron chi connectivity index (χ4n) is 6.00. The summed E-state index contributed by atoms with van der Waals surface area (Å²) in [7, 11) is 0. The molecule has 2 aliphatic heterocycles. The highest BCUT2D eigenvalue weighted by Crippen LogP contribution is 2.42. The standard InChI is InChI=1S/C31H43F2N7/c1-21(2)38-11-9-25(10-12-38)31(32,33)26-8-6-7-24(17-26)19-34-29-28-18-27(20-35-30(28)37-23(5)36-29)40-15-13-39(14-16-40)22(3)4/h6-8,17-18,20-22,25H,9-16,19H2,1-5H3,(H,34,35,36,37). The first-order valence-electron chi connectivity index (χ1n) is 14.7. The van der Waals surface area contributed by atoms with Crippen molar-refractivity contribution in [2.45, 2.75) is 72.0 Å². The zero-order chi connectivity index (χ0) is 28.4. The number of likely N-dealkylation sites (tertiary alicyclic amines) is 1. The van der Waals surface area contributed by atoms with Crippen LogP contribution in [0.4, 0.5) is 20.3 Å². The van der Waals surface area contributed by atoms with Gasteiger partial charge >= 0.3 is 0 Å². The molecule has 5 rings (SSSR count). The topological polar surface area (TPSA) is 60.4 Å². The predicted octanol–water partition coefficient (Wildman–Crippen LogP) is 5.69. The number of piperidine rings is 1. The van der Waals surface area contributed by atoms with Gasteiger partial charge in [-0.15, -0.1) is 0 Å². The number of rotatable bonds is 8. The van der Waals surface area contributed by atoms with Crippen LogP contribution >= 0.6 is 0 Å². The Labute approximate surface area is 237 Å². The van der Waals surface area contributed by atoms with E-state index in [2.05, 4.69) is 68.7 Å². The summed E-state index contributed by atoms with van der Waals surface area (Å²) >= 11 is 0. The van der Waals surface area contributed by atoms with Crippen LogP contribution in [0.1, 0.15) is 57.5 Å². The molecule has 0 spiro atoms. The quantitative estimate of drug-likeness (QED) is 0.386. The predicted molar refractivity (Wildman–Crippen MR) is 158 cm³/mol. The molecule has 40 heavy (non-hydrogen) atoms. The Hall–Kier alpha value is -2.91. The van der Waals surface area contributed by atoms with E-state index in [1.54, 1.807) is 18.2 Å². The van der Waals surface area contributed by atoms with Gasteiger partial charge in [0.05, 0.1) is 17.3 Å². The van der Waals surface area contributed by atoms with E-state index in [1.165, 1.54) is 0 Å². The number of hydrogen-bond acceptors (Lipinski definition) is 7. The molecule has 2 aliphatic rings. The van der Waals surface area contributed by atoms with Crippen molar-refractivity contribution in [2.75, 3.05) is 49.5 Å². The molecule has 9 heteroatoms. The van der Waals surface area contributed by atoms with E-state index in [9.17, 15) is 0 Å². The molecule has 0 unspecified atom stereocenters. The third kappa shape index (κ3) is 6.20. The second kappa shape index (κ2) is 11.9. The van der Waals surface area contributed by atoms with Gasteiger partial charge in [0.25, 0.3) is 5.92 Å². The van der Waals surface area contributed by atoms with Gasteiger partial charge in [0.1, 0.15) is 11.6 Å². The Bertz CT molecular complexity index is 1300. The molecule has 7 nitrogen and oxygen atoms in total. The van der Waals surface area contributed by atoms with Crippen LogP contribution in [0.15, 0.2) is 36.5 Å². The number of fused-ring (bicyclic) bond motifs is 1. The Morgan fingerprint density at radius 1 is 0.925 bits per heavy atom. The molecule has 3 aromatic rings. The second-order valence-corrected chi connectivity index (χ2v) is 11.9. The molecule has 0 atom stereocenters. The SMILES string of the molecule is Cc1nc(NCc2cccc(C(F)(F)C3CCN(C(C)C)CC3)c2)c2cc(N3CCN(C(C)C)CC3)cnc2n1. The molecular formula is C31H43F2N7. The van der Waals surface area contributed by atoms with Gasteiger partial charge in [-0.1, -0.05) is 18.2 Å². The van der Waals surface area contributed by atoms with Crippen LogP contribution in [-0.4, -0.2) is 76.1 Å². The van der Waals surface area contributed by atoms with Crippen molar-refractivity contribution in [3.8, 4) is 0 Å². The average molecular weight is 552 g/mol. The lowest BCUT2D eigenvalue weighted by atomic mass is 9.85. The lowest BCUT2D eigenvalue weighted by Gasteiger charge is -2.38. The first kappa shape index (κ1) is 28.6. The van der Waals surface area contributed by atoms with Crippen molar-refractivity contribution in [1.29, 1.82) is 0 Å². The van der Waals surface area contributed by atoms with Crippen LogP contribution in [0.2, 0.25) is 0 Å². The van der Waals surface area contributed by atoms with Crippen LogP contribution in [-0.2, 0) is 12.5 Å². The summed E-state index contributed by atoms with van der Waals surface area (Å²) in [5, 5.41) is 4.24. The lowest BCUT2D eigenvalue weighted by molar-refractivity contribution is -0.0875. The minimum atomic E-state index is -2.85. The maximum Gasteiger partial charge on any atom is 0.276 e. The Kier molecular flexibility index (Phi) is 8.52. The average Bonchev–Trinajstić information content (AvgIpc) is 2.96. The number of pyridine rings is 1. The summed E-state index contributed by atoms with van der Waals surface area (Å²) in [6, 6.07) is 9.88. The van der Waals surface area contributed by atoms with Crippen molar-refractivity contribution in [3.63, 3.8) is 0 Å². The molecule has 1 N–H and O–H groups in total. The zero-order valence-electron chi connectivity index (χ0n) is 24.5. The van der Waals surface area contributed by atoms with E-state index >= 15 is 8.78 Å². The number of alkyl halides is 2. The molecule has 0 bridgehead atoms. The van der Waals surface area contributed by atoms with Crippen LogP contribution in [0, 0.1) is 12.8 Å². The summed E-state index contributed by atoms with van der Waals surface area (Å²) in [6.07, 6.45) is 2.92. The number of hydrogen-bond donors (Lipinski definition) is 1. The minimum absolute atomic E-state index is 0.100. The molecule has 0 amide bonds. The highest BCUT2D eigenvalue weighted by molar-refractivity contribution is 5.89. The number of benzene rings is 1. The molecule has 2 aromatic heterocycles. The van der Waals surface area contributed by atoms with Gasteiger partial charge in [0.2, 0.25) is 0 Å². The van der Waals surface area contributed by atoms with Crippen molar-refractivity contribution >= 4 is 22.5 Å². The summed E-state index contributed by atoms with van der Waals surface area (Å²) in [5.41, 5.74) is 2.59. The van der Waals surface area contributed by atoms with E-state index in [-0.39, 0.29) is 5.56 Å². The molecule has 2 fully saturated rings. The first-order valence-corrected chi connectivity index (χ1v) is 14.7. The van der Waals surface area contributed by atoms with Crippen LogP contribution in [0.5, 0.6) is 0 Å². The fraction of sp³-hybridized carbons (Fsp3) is 0.581. The number of piperazine rings is 1. The van der Waals surface area contributed by atoms with Gasteiger partial charge in [0.15, 0.2) is 5.65 Å². The number of nitrogens with zero attached hydrogens (tertiary/aromatic N) is 6. The normalized spacial score (nSPS) is 18.3. The van der Waals surface area contributed by atoms with Crippen LogP contribution in [0.25, 0.3) is 11.0 Å². The lowest BCUT2D eigenvalue weighted by Crippen LogP contribution is -2.48. The molecular weight excluding hydrogens is 508 g/mol. The van der Waals surface area contributed by atoms with E-state index < -0.39 is 11.8 Å². The number of anilines is 2. The Balaban J connectivity index is 1.31. The number of aryl methyl sites for hydroxylation is 1. The van der Waals surface area contributed by atoms with E-state index in [0.29, 0.717) is 48.8 Å². The highest BCUT2D eigenvalue weighted by Gasteiger charge is 2.42. The minimum Gasteiger partial charge on any atom is -0.368 e. The summed E-state index contributed by atoms with van der Waals surface area (Å²) in [5.74, 6) is -2.19. The van der Waals surface area contributed by atoms with Crippen molar-refractivity contribution in [1.82, 2.24) is 24.8 Å². The largest absolute Gasteiger partial charge is 0.368 e. The third-order valence-electron chi connectivity index (χ3n) is 8.60. The molecule has 216 valence electrons. The smallest absolute Gasteiger partial charge is 0.276 e. The molecule has 4 heterocycles. The van der Waals surface area contributed by atoms with Gasteiger partial charge < -0.3 is 15.1 Å². The summed E-state index contributed by atoms with van der Waals surface area (Å²) < 4.78 is 31.2. The van der Waals surface area contributed by atoms with Gasteiger partial charge in [-0.2, -0.15) is 0 Å². The zero-order valence-corrected chi connectivity index (χ0v) is 24.5. The van der Waals surface area contributed by atoms with Crippen molar-refractivity contribution in [3.05, 3.63) is 53.5 Å². The van der Waals surface area contributed by atoms with Crippen molar-refractivity contribution < 1.29 is 8.78 Å². The number of halogens is 2. The van der Waals surface area contributed by atoms with Crippen LogP contribution < -0.4 is 10.2 Å². The monoisotopic (exact) mass is 551 g/mol. The van der Waals surface area contributed by atoms with E-state index in [4.69, 9.17) is 0 Å². The van der Waals surface area contributed by atoms with E-state index in [1.807, 2.05) is 19.2 Å². The first-order chi connectivity index (χ1) is 19.1. The highest BCUT2D eigenvalue weighted by atomic mass is 19.3. The molecule has 0 aliphatic carbocycles. The maximum atomic E-state index is 15.6. The Morgan fingerprint density at radius 2 is 1.60 bits per heavy atom. The molecule has 0 radical (unpaired) electrons. The number of aromatic nitrogens is 3. The van der Waals surface area contributed by atoms with Gasteiger partial charge in [-0.05, 0) is 78.2 Å². The number of nitrogens with one attached hydrogen (secondary N) is 1. The van der Waals surface area contributed by atoms with Crippen molar-refractivity contribution in [2.24, 2.45) is 5.92 Å². The van der Waals surface area contributed by atoms with E-state index in [0.717, 1.165) is 55.9 Å². The molecule has 0 saturated carbocycles. The molecule has 2 saturated heterocycles. The van der Waals surface area contributed by atoms with Gasteiger partial charge in [0, 0.05) is 56.3 Å². The second-order valence-electron chi connectivity index (χ2n) is 11.9. The van der Waals surface area contributed by atoms with Crippen LogP contribution in [0.3, 0.4) is 0 Å². The third-order valence-corrected chi connectivity index (χ3v) is 8.60. The van der Waals surface area contributed by atoms with Gasteiger partial charge in [-0.25, -0.2) is 23.7 Å². The Morgan fingerprint density at radius 3 is 2.27 bits per heavy atom.